The minimum Gasteiger partial charge on any atom is -0.456 e. The molecule has 4 heteroatoms. The minimum atomic E-state index is 0.584. The maximum atomic E-state index is 6.60. The van der Waals surface area contributed by atoms with Crippen molar-refractivity contribution in [1.29, 1.82) is 0 Å². The summed E-state index contributed by atoms with van der Waals surface area (Å²) in [5.41, 5.74) is 9.57. The molecular weight excluding hydrogens is 601 g/mol. The molecule has 10 aromatic rings. The van der Waals surface area contributed by atoms with Gasteiger partial charge in [0.1, 0.15) is 16.7 Å². The number of benzene rings is 8. The van der Waals surface area contributed by atoms with Crippen molar-refractivity contribution in [3.05, 3.63) is 170 Å². The molecular formula is C45H28N2O2. The molecule has 0 spiro atoms. The summed E-state index contributed by atoms with van der Waals surface area (Å²) in [5.74, 6) is 0.584. The van der Waals surface area contributed by atoms with Crippen LogP contribution in [0.2, 0.25) is 0 Å². The fourth-order valence-corrected chi connectivity index (χ4v) is 7.22. The van der Waals surface area contributed by atoms with Crippen molar-refractivity contribution >= 4 is 71.6 Å². The first kappa shape index (κ1) is 27.5. The second-order valence-corrected chi connectivity index (χ2v) is 12.4. The lowest BCUT2D eigenvalue weighted by Gasteiger charge is -2.28. The first-order chi connectivity index (χ1) is 24.3. The fourth-order valence-electron chi connectivity index (χ4n) is 7.22. The largest absolute Gasteiger partial charge is 0.456 e. The van der Waals surface area contributed by atoms with Crippen molar-refractivity contribution in [1.82, 2.24) is 4.98 Å². The van der Waals surface area contributed by atoms with E-state index in [0.717, 1.165) is 61.2 Å². The standard InChI is InChI=1S/C45H28N2O2/c1-2-13-31-27-32(24-23-29(31)11-1)47(40-20-7-5-16-36(40)35-17-9-14-30-12-3-4-15-34(30)35)33-25-26-37-43(28-33)48-42-22-10-18-38(44(37)42)45-46-39-19-6-8-21-41(39)49-45/h1-28H. The van der Waals surface area contributed by atoms with Gasteiger partial charge in [0.05, 0.1) is 5.69 Å². The number of rotatable bonds is 5. The van der Waals surface area contributed by atoms with E-state index < -0.39 is 0 Å². The predicted molar refractivity (Wildman–Crippen MR) is 202 cm³/mol. The third-order valence-electron chi connectivity index (χ3n) is 9.48. The molecule has 49 heavy (non-hydrogen) atoms. The van der Waals surface area contributed by atoms with E-state index in [9.17, 15) is 0 Å². The number of para-hydroxylation sites is 3. The van der Waals surface area contributed by atoms with Crippen molar-refractivity contribution < 1.29 is 8.83 Å². The Balaban J connectivity index is 1.20. The molecule has 2 aromatic heterocycles. The van der Waals surface area contributed by atoms with Crippen molar-refractivity contribution in [2.45, 2.75) is 0 Å². The Bertz CT molecular complexity index is 2820. The quantitative estimate of drug-likeness (QED) is 0.190. The van der Waals surface area contributed by atoms with Crippen LogP contribution in [0.1, 0.15) is 0 Å². The molecule has 0 aliphatic heterocycles. The molecule has 0 aliphatic carbocycles. The number of furan rings is 1. The second kappa shape index (κ2) is 11.0. The normalized spacial score (nSPS) is 11.7. The average Bonchev–Trinajstić information content (AvgIpc) is 3.76. The van der Waals surface area contributed by atoms with Crippen LogP contribution in [-0.4, -0.2) is 4.98 Å². The van der Waals surface area contributed by atoms with Crippen LogP contribution in [0.25, 0.3) is 77.2 Å². The Morgan fingerprint density at radius 3 is 2.02 bits per heavy atom. The van der Waals surface area contributed by atoms with E-state index in [2.05, 4.69) is 138 Å². The Hall–Kier alpha value is -6.65. The van der Waals surface area contributed by atoms with E-state index in [1.54, 1.807) is 0 Å². The van der Waals surface area contributed by atoms with Gasteiger partial charge in [-0.2, -0.15) is 0 Å². The topological polar surface area (TPSA) is 42.4 Å². The predicted octanol–water partition coefficient (Wildman–Crippen LogP) is 12.8. The van der Waals surface area contributed by atoms with Gasteiger partial charge in [0.15, 0.2) is 5.58 Å². The van der Waals surface area contributed by atoms with E-state index in [4.69, 9.17) is 13.8 Å². The lowest BCUT2D eigenvalue weighted by Crippen LogP contribution is -2.11. The van der Waals surface area contributed by atoms with Crippen molar-refractivity contribution in [3.8, 4) is 22.6 Å². The van der Waals surface area contributed by atoms with Crippen LogP contribution >= 0.6 is 0 Å². The molecule has 0 saturated heterocycles. The van der Waals surface area contributed by atoms with Crippen LogP contribution in [-0.2, 0) is 0 Å². The zero-order valence-corrected chi connectivity index (χ0v) is 26.4. The highest BCUT2D eigenvalue weighted by molar-refractivity contribution is 6.13. The lowest BCUT2D eigenvalue weighted by atomic mass is 9.96. The second-order valence-electron chi connectivity index (χ2n) is 12.4. The lowest BCUT2D eigenvalue weighted by molar-refractivity contribution is 0.620. The van der Waals surface area contributed by atoms with Crippen LogP contribution in [0.3, 0.4) is 0 Å². The van der Waals surface area contributed by atoms with Gasteiger partial charge in [0.25, 0.3) is 0 Å². The molecule has 0 amide bonds. The zero-order chi connectivity index (χ0) is 32.3. The molecule has 0 bridgehead atoms. The highest BCUT2D eigenvalue weighted by Gasteiger charge is 2.21. The number of anilines is 3. The Morgan fingerprint density at radius 1 is 0.408 bits per heavy atom. The molecule has 8 aromatic carbocycles. The van der Waals surface area contributed by atoms with Gasteiger partial charge in [-0.25, -0.2) is 4.98 Å². The summed E-state index contributed by atoms with van der Waals surface area (Å²) in [5, 5.41) is 6.82. The van der Waals surface area contributed by atoms with Gasteiger partial charge in [-0.1, -0.05) is 109 Å². The molecule has 230 valence electrons. The van der Waals surface area contributed by atoms with Gasteiger partial charge in [-0.3, -0.25) is 0 Å². The molecule has 0 fully saturated rings. The van der Waals surface area contributed by atoms with Crippen LogP contribution < -0.4 is 4.90 Å². The average molecular weight is 629 g/mol. The smallest absolute Gasteiger partial charge is 0.228 e. The van der Waals surface area contributed by atoms with Gasteiger partial charge in [-0.15, -0.1) is 0 Å². The SMILES string of the molecule is c1ccc(N(c2ccc3ccccc3c2)c2ccc3c(c2)oc2cccc(-c4nc5ccccc5o4)c23)c(-c2cccc3ccccc23)c1. The first-order valence-corrected chi connectivity index (χ1v) is 16.5. The summed E-state index contributed by atoms with van der Waals surface area (Å²) in [7, 11) is 0. The first-order valence-electron chi connectivity index (χ1n) is 16.5. The molecule has 4 nitrogen and oxygen atoms in total. The van der Waals surface area contributed by atoms with Crippen LogP contribution in [0.5, 0.6) is 0 Å². The summed E-state index contributed by atoms with van der Waals surface area (Å²) in [4.78, 5) is 7.16. The number of hydrogen-bond acceptors (Lipinski definition) is 4. The van der Waals surface area contributed by atoms with Crippen LogP contribution in [0.15, 0.2) is 179 Å². The van der Waals surface area contributed by atoms with Gasteiger partial charge >= 0.3 is 0 Å². The molecule has 0 radical (unpaired) electrons. The van der Waals surface area contributed by atoms with Crippen LogP contribution in [0.4, 0.5) is 17.1 Å². The number of fused-ring (bicyclic) bond motifs is 6. The minimum absolute atomic E-state index is 0.584. The third-order valence-corrected chi connectivity index (χ3v) is 9.48. The Kier molecular flexibility index (Phi) is 6.15. The summed E-state index contributed by atoms with van der Waals surface area (Å²) >= 11 is 0. The molecule has 0 N–H and O–H groups in total. The monoisotopic (exact) mass is 628 g/mol. The maximum Gasteiger partial charge on any atom is 0.228 e. The van der Waals surface area contributed by atoms with Crippen molar-refractivity contribution in [3.63, 3.8) is 0 Å². The van der Waals surface area contributed by atoms with Gasteiger partial charge in [0, 0.05) is 39.3 Å². The fraction of sp³-hybridized carbons (Fsp3) is 0. The van der Waals surface area contributed by atoms with Crippen molar-refractivity contribution in [2.24, 2.45) is 0 Å². The maximum absolute atomic E-state index is 6.60. The molecule has 0 unspecified atom stereocenters. The number of oxazole rings is 1. The molecule has 2 heterocycles. The van der Waals surface area contributed by atoms with Gasteiger partial charge in [0.2, 0.25) is 5.89 Å². The molecule has 0 atom stereocenters. The summed E-state index contributed by atoms with van der Waals surface area (Å²) in [6, 6.07) is 59.4. The summed E-state index contributed by atoms with van der Waals surface area (Å²) in [6.45, 7) is 0. The zero-order valence-electron chi connectivity index (χ0n) is 26.4. The van der Waals surface area contributed by atoms with E-state index >= 15 is 0 Å². The molecule has 0 aliphatic rings. The van der Waals surface area contributed by atoms with E-state index in [1.807, 2.05) is 36.4 Å². The Morgan fingerprint density at radius 2 is 1.08 bits per heavy atom. The van der Waals surface area contributed by atoms with Crippen molar-refractivity contribution in [2.75, 3.05) is 4.90 Å². The van der Waals surface area contributed by atoms with E-state index in [-0.39, 0.29) is 0 Å². The number of aromatic nitrogens is 1. The van der Waals surface area contributed by atoms with Gasteiger partial charge in [-0.05, 0) is 81.7 Å². The highest BCUT2D eigenvalue weighted by atomic mass is 16.3. The molecule has 0 saturated carbocycles. The van der Waals surface area contributed by atoms with Crippen LogP contribution in [0, 0.1) is 0 Å². The summed E-state index contributed by atoms with van der Waals surface area (Å²) in [6.07, 6.45) is 0. The number of hydrogen-bond donors (Lipinski definition) is 0. The molecule has 10 rings (SSSR count). The Labute approximate surface area is 282 Å². The highest BCUT2D eigenvalue weighted by Crippen LogP contribution is 2.45. The van der Waals surface area contributed by atoms with Gasteiger partial charge < -0.3 is 13.7 Å². The van der Waals surface area contributed by atoms with E-state index in [1.165, 1.54) is 27.1 Å². The van der Waals surface area contributed by atoms with E-state index in [0.29, 0.717) is 5.89 Å². The summed E-state index contributed by atoms with van der Waals surface area (Å²) < 4.78 is 12.8. The third kappa shape index (κ3) is 4.49. The number of nitrogens with zero attached hydrogens (tertiary/aromatic N) is 2.